The molecule has 0 N–H and O–H groups in total. The first-order chi connectivity index (χ1) is 14.7. The number of ether oxygens (including phenoxy) is 2. The maximum Gasteiger partial charge on any atom is 0.269 e. The summed E-state index contributed by atoms with van der Waals surface area (Å²) in [6.07, 6.45) is 3.07. The van der Waals surface area contributed by atoms with Crippen LogP contribution in [0.1, 0.15) is 5.56 Å². The molecule has 2 aromatic carbocycles. The number of aromatic nitrogens is 3. The topological polar surface area (TPSA) is 116 Å². The molecule has 30 heavy (non-hydrogen) atoms. The first-order valence-electron chi connectivity index (χ1n) is 9.07. The van der Waals surface area contributed by atoms with E-state index < -0.39 is 4.92 Å². The van der Waals surface area contributed by atoms with Crippen molar-refractivity contribution < 1.29 is 14.4 Å². The quantitative estimate of drug-likeness (QED) is 0.381. The van der Waals surface area contributed by atoms with Crippen molar-refractivity contribution in [3.05, 3.63) is 70.7 Å². The Morgan fingerprint density at radius 2 is 1.83 bits per heavy atom. The number of nitro benzene ring substituents is 1. The van der Waals surface area contributed by atoms with E-state index in [4.69, 9.17) is 9.47 Å². The smallest absolute Gasteiger partial charge is 0.269 e. The predicted molar refractivity (Wildman–Crippen MR) is 107 cm³/mol. The lowest BCUT2D eigenvalue weighted by Gasteiger charge is -2.19. The van der Waals surface area contributed by atoms with Crippen LogP contribution in [0.25, 0.3) is 28.0 Å². The molecule has 1 aliphatic rings. The molecule has 0 bridgehead atoms. The third-order valence-corrected chi connectivity index (χ3v) is 4.85. The molecule has 9 nitrogen and oxygen atoms in total. The Morgan fingerprint density at radius 1 is 1.07 bits per heavy atom. The highest BCUT2D eigenvalue weighted by Crippen LogP contribution is 2.37. The first kappa shape index (κ1) is 17.6. The van der Waals surface area contributed by atoms with Gasteiger partial charge in [-0.1, -0.05) is 0 Å². The Hall–Kier alpha value is -4.45. The molecular weight excluding hydrogens is 386 g/mol. The number of fused-ring (bicyclic) bond motifs is 2. The third kappa shape index (κ3) is 2.79. The van der Waals surface area contributed by atoms with Crippen molar-refractivity contribution in [2.24, 2.45) is 0 Å². The van der Waals surface area contributed by atoms with Gasteiger partial charge in [-0.2, -0.15) is 5.26 Å². The molecule has 0 spiro atoms. The summed E-state index contributed by atoms with van der Waals surface area (Å²) in [5.74, 6) is 1.29. The van der Waals surface area contributed by atoms with Crippen LogP contribution in [0.5, 0.6) is 11.5 Å². The van der Waals surface area contributed by atoms with E-state index in [9.17, 15) is 15.4 Å². The zero-order valence-electron chi connectivity index (χ0n) is 15.5. The van der Waals surface area contributed by atoms with E-state index in [0.29, 0.717) is 52.7 Å². The van der Waals surface area contributed by atoms with Gasteiger partial charge in [0.2, 0.25) is 0 Å². The number of rotatable bonds is 3. The van der Waals surface area contributed by atoms with Crippen LogP contribution < -0.4 is 9.47 Å². The van der Waals surface area contributed by atoms with Crippen molar-refractivity contribution in [3.63, 3.8) is 0 Å². The molecule has 0 fully saturated rings. The molecule has 0 atom stereocenters. The van der Waals surface area contributed by atoms with E-state index in [2.05, 4.69) is 16.0 Å². The molecule has 0 unspecified atom stereocenters. The molecule has 1 aliphatic heterocycles. The van der Waals surface area contributed by atoms with Crippen LogP contribution in [0.3, 0.4) is 0 Å². The molecular formula is C21H13N5O4. The predicted octanol–water partition coefficient (Wildman–Crippen LogP) is 3.64. The fourth-order valence-corrected chi connectivity index (χ4v) is 3.48. The summed E-state index contributed by atoms with van der Waals surface area (Å²) in [5, 5.41) is 20.6. The largest absolute Gasteiger partial charge is 0.486 e. The van der Waals surface area contributed by atoms with Crippen molar-refractivity contribution >= 4 is 16.7 Å². The standard InChI is InChI=1S/C21H13N5O4/c22-10-14-11-25(15-2-4-16(5-3-15)26(27)28)21-19(23-12-24-20(14)21)13-1-6-17-18(9-13)30-8-7-29-17/h1-6,9,11-12H,7-8H2. The maximum atomic E-state index is 11.0. The second-order valence-electron chi connectivity index (χ2n) is 6.58. The highest BCUT2D eigenvalue weighted by molar-refractivity contribution is 5.95. The zero-order valence-corrected chi connectivity index (χ0v) is 15.5. The number of hydrogen-bond donors (Lipinski definition) is 0. The van der Waals surface area contributed by atoms with E-state index in [1.165, 1.54) is 18.5 Å². The molecule has 0 amide bonds. The van der Waals surface area contributed by atoms with Gasteiger partial charge in [-0.05, 0) is 30.3 Å². The van der Waals surface area contributed by atoms with Crippen LogP contribution in [0.2, 0.25) is 0 Å². The number of nitriles is 1. The molecule has 5 rings (SSSR count). The summed E-state index contributed by atoms with van der Waals surface area (Å²) in [6.45, 7) is 0.964. The second-order valence-corrected chi connectivity index (χ2v) is 6.58. The number of benzene rings is 2. The normalized spacial score (nSPS) is 12.5. The summed E-state index contributed by atoms with van der Waals surface area (Å²) in [7, 11) is 0. The molecule has 146 valence electrons. The maximum absolute atomic E-state index is 11.0. The minimum Gasteiger partial charge on any atom is -0.486 e. The Balaban J connectivity index is 1.73. The Labute approximate surface area is 169 Å². The number of nitrogens with zero attached hydrogens (tertiary/aromatic N) is 5. The highest BCUT2D eigenvalue weighted by Gasteiger charge is 2.20. The molecule has 0 saturated carbocycles. The van der Waals surface area contributed by atoms with Crippen molar-refractivity contribution in [1.82, 2.24) is 14.5 Å². The fourth-order valence-electron chi connectivity index (χ4n) is 3.48. The molecule has 0 saturated heterocycles. The van der Waals surface area contributed by atoms with E-state index in [1.807, 2.05) is 18.2 Å². The van der Waals surface area contributed by atoms with Crippen LogP contribution >= 0.6 is 0 Å². The monoisotopic (exact) mass is 399 g/mol. The number of nitro groups is 1. The van der Waals surface area contributed by atoms with Crippen LogP contribution in [-0.4, -0.2) is 32.7 Å². The van der Waals surface area contributed by atoms with Crippen molar-refractivity contribution in [1.29, 1.82) is 5.26 Å². The van der Waals surface area contributed by atoms with Gasteiger partial charge in [0.1, 0.15) is 31.1 Å². The molecule has 2 aromatic heterocycles. The summed E-state index contributed by atoms with van der Waals surface area (Å²) in [4.78, 5) is 19.3. The fraction of sp³-hybridized carbons (Fsp3) is 0.0952. The minimum absolute atomic E-state index is 0.0148. The van der Waals surface area contributed by atoms with E-state index >= 15 is 0 Å². The summed E-state index contributed by atoms with van der Waals surface area (Å²) < 4.78 is 13.0. The summed E-state index contributed by atoms with van der Waals surface area (Å²) >= 11 is 0. The van der Waals surface area contributed by atoms with Gasteiger partial charge >= 0.3 is 0 Å². The van der Waals surface area contributed by atoms with E-state index in [0.717, 1.165) is 5.56 Å². The lowest BCUT2D eigenvalue weighted by atomic mass is 10.1. The van der Waals surface area contributed by atoms with Gasteiger partial charge in [-0.15, -0.1) is 0 Å². The average molecular weight is 399 g/mol. The van der Waals surface area contributed by atoms with Crippen LogP contribution in [0, 0.1) is 21.4 Å². The van der Waals surface area contributed by atoms with Crippen molar-refractivity contribution in [2.75, 3.05) is 13.2 Å². The highest BCUT2D eigenvalue weighted by atomic mass is 16.6. The van der Waals surface area contributed by atoms with Crippen LogP contribution in [-0.2, 0) is 0 Å². The van der Waals surface area contributed by atoms with Gasteiger partial charge in [0.15, 0.2) is 11.5 Å². The van der Waals surface area contributed by atoms with Gasteiger partial charge in [-0.3, -0.25) is 10.1 Å². The molecule has 3 heterocycles. The van der Waals surface area contributed by atoms with E-state index in [-0.39, 0.29) is 5.69 Å². The Kier molecular flexibility index (Phi) is 4.03. The van der Waals surface area contributed by atoms with Gasteiger partial charge in [-0.25, -0.2) is 9.97 Å². The van der Waals surface area contributed by atoms with Crippen molar-refractivity contribution in [2.45, 2.75) is 0 Å². The molecule has 9 heteroatoms. The van der Waals surface area contributed by atoms with Crippen LogP contribution in [0.15, 0.2) is 55.0 Å². The number of non-ortho nitro benzene ring substituents is 1. The van der Waals surface area contributed by atoms with Gasteiger partial charge in [0, 0.05) is 29.6 Å². The number of hydrogen-bond acceptors (Lipinski definition) is 7. The van der Waals surface area contributed by atoms with Gasteiger partial charge in [0.05, 0.1) is 21.7 Å². The lowest BCUT2D eigenvalue weighted by Crippen LogP contribution is -2.15. The molecule has 4 aromatic rings. The molecule has 0 radical (unpaired) electrons. The van der Waals surface area contributed by atoms with Crippen LogP contribution in [0.4, 0.5) is 5.69 Å². The minimum atomic E-state index is -0.456. The van der Waals surface area contributed by atoms with E-state index in [1.54, 1.807) is 22.9 Å². The third-order valence-electron chi connectivity index (χ3n) is 4.85. The van der Waals surface area contributed by atoms with Crippen molar-refractivity contribution in [3.8, 4) is 34.5 Å². The summed E-state index contributed by atoms with van der Waals surface area (Å²) in [6, 6.07) is 13.8. The first-order valence-corrected chi connectivity index (χ1v) is 9.07. The Morgan fingerprint density at radius 3 is 2.57 bits per heavy atom. The van der Waals surface area contributed by atoms with Gasteiger partial charge < -0.3 is 14.0 Å². The molecule has 0 aliphatic carbocycles. The lowest BCUT2D eigenvalue weighted by molar-refractivity contribution is -0.384. The zero-order chi connectivity index (χ0) is 20.7. The second kappa shape index (κ2) is 6.86. The Bertz CT molecular complexity index is 1340. The summed E-state index contributed by atoms with van der Waals surface area (Å²) in [5.41, 5.74) is 3.52. The van der Waals surface area contributed by atoms with Gasteiger partial charge in [0.25, 0.3) is 5.69 Å². The SMILES string of the molecule is N#Cc1cn(-c2ccc([N+](=O)[O-])cc2)c2c(-c3ccc4c(c3)OCCO4)ncnc12. The average Bonchev–Trinajstić information content (AvgIpc) is 3.18.